The van der Waals surface area contributed by atoms with Gasteiger partial charge in [-0.25, -0.2) is 0 Å². The maximum atomic E-state index is 12.7. The highest BCUT2D eigenvalue weighted by Gasteiger charge is 2.32. The first-order valence-electron chi connectivity index (χ1n) is 8.90. The molecule has 120 valence electrons. The number of nitrogens with one attached hydrogen (secondary N) is 1. The summed E-state index contributed by atoms with van der Waals surface area (Å²) in [6.07, 6.45) is 5.95. The van der Waals surface area contributed by atoms with Gasteiger partial charge in [-0.2, -0.15) is 0 Å². The van der Waals surface area contributed by atoms with Crippen molar-refractivity contribution in [3.05, 3.63) is 35.4 Å². The zero-order valence-corrected chi connectivity index (χ0v) is 13.8. The minimum absolute atomic E-state index is 0.256. The SMILES string of the molecule is Cc1cccc(C[NH+]2CCC[C@H](C(=O)N3CCCCC3)C2)c1. The summed E-state index contributed by atoms with van der Waals surface area (Å²) < 4.78 is 0. The van der Waals surface area contributed by atoms with Crippen molar-refractivity contribution in [1.82, 2.24) is 4.90 Å². The molecule has 0 aromatic heterocycles. The van der Waals surface area contributed by atoms with Crippen LogP contribution in [0.2, 0.25) is 0 Å². The Hall–Kier alpha value is -1.35. The third-order valence-corrected chi connectivity index (χ3v) is 5.17. The Labute approximate surface area is 134 Å². The second kappa shape index (κ2) is 7.28. The minimum atomic E-state index is 0.256. The number of nitrogens with zero attached hydrogens (tertiary/aromatic N) is 1. The zero-order valence-electron chi connectivity index (χ0n) is 13.8. The number of carbonyl (C=O) groups excluding carboxylic acids is 1. The molecule has 0 aliphatic carbocycles. The van der Waals surface area contributed by atoms with Crippen molar-refractivity contribution in [2.75, 3.05) is 26.2 Å². The molecule has 2 heterocycles. The van der Waals surface area contributed by atoms with E-state index in [9.17, 15) is 4.79 Å². The average Bonchev–Trinajstić information content (AvgIpc) is 2.55. The number of carbonyl (C=O) groups is 1. The second-order valence-electron chi connectivity index (χ2n) is 7.10. The topological polar surface area (TPSA) is 24.8 Å². The molecule has 2 aliphatic rings. The molecule has 3 nitrogen and oxygen atoms in total. The fourth-order valence-electron chi connectivity index (χ4n) is 4.01. The van der Waals surface area contributed by atoms with Crippen LogP contribution in [-0.4, -0.2) is 37.0 Å². The number of rotatable bonds is 3. The molecule has 1 aromatic carbocycles. The molecule has 0 bridgehead atoms. The molecule has 1 aromatic rings. The number of amides is 1. The lowest BCUT2D eigenvalue weighted by Gasteiger charge is -2.34. The van der Waals surface area contributed by atoms with Crippen LogP contribution < -0.4 is 4.90 Å². The monoisotopic (exact) mass is 301 g/mol. The van der Waals surface area contributed by atoms with E-state index < -0.39 is 0 Å². The largest absolute Gasteiger partial charge is 0.342 e. The van der Waals surface area contributed by atoms with Crippen LogP contribution in [-0.2, 0) is 11.3 Å². The first-order chi connectivity index (χ1) is 10.7. The summed E-state index contributed by atoms with van der Waals surface area (Å²) in [5.74, 6) is 0.688. The van der Waals surface area contributed by atoms with E-state index in [2.05, 4.69) is 36.1 Å². The number of aryl methyl sites for hydroxylation is 1. The van der Waals surface area contributed by atoms with Crippen molar-refractivity contribution < 1.29 is 9.69 Å². The first kappa shape index (κ1) is 15.5. The molecule has 2 fully saturated rings. The van der Waals surface area contributed by atoms with Gasteiger partial charge in [-0.15, -0.1) is 0 Å². The lowest BCUT2D eigenvalue weighted by Crippen LogP contribution is -3.12. The van der Waals surface area contributed by atoms with Crippen LogP contribution in [0.5, 0.6) is 0 Å². The van der Waals surface area contributed by atoms with Crippen LogP contribution in [0, 0.1) is 12.8 Å². The van der Waals surface area contributed by atoms with Crippen molar-refractivity contribution >= 4 is 5.91 Å². The fourth-order valence-corrected chi connectivity index (χ4v) is 4.01. The molecule has 3 heteroatoms. The van der Waals surface area contributed by atoms with E-state index in [0.717, 1.165) is 32.6 Å². The van der Waals surface area contributed by atoms with E-state index in [1.165, 1.54) is 43.4 Å². The highest BCUT2D eigenvalue weighted by Crippen LogP contribution is 2.16. The summed E-state index contributed by atoms with van der Waals surface area (Å²) in [6, 6.07) is 8.79. The summed E-state index contributed by atoms with van der Waals surface area (Å²) in [6.45, 7) is 7.41. The van der Waals surface area contributed by atoms with E-state index in [0.29, 0.717) is 5.91 Å². The standard InChI is InChI=1S/C19H28N2O/c1-16-7-5-8-17(13-16)14-20-10-6-9-18(15-20)19(22)21-11-3-2-4-12-21/h5,7-8,13,18H,2-4,6,9-12,14-15H2,1H3/p+1/t18-/m0/s1. The van der Waals surface area contributed by atoms with E-state index in [4.69, 9.17) is 0 Å². The van der Waals surface area contributed by atoms with Gasteiger partial charge in [-0.1, -0.05) is 29.8 Å². The molecule has 0 saturated carbocycles. The molecule has 2 saturated heterocycles. The quantitative estimate of drug-likeness (QED) is 0.905. The van der Waals surface area contributed by atoms with Crippen molar-refractivity contribution in [3.63, 3.8) is 0 Å². The predicted molar refractivity (Wildman–Crippen MR) is 88.7 cm³/mol. The Kier molecular flexibility index (Phi) is 5.14. The summed E-state index contributed by atoms with van der Waals surface area (Å²) in [4.78, 5) is 16.4. The Morgan fingerprint density at radius 2 is 2.05 bits per heavy atom. The van der Waals surface area contributed by atoms with Crippen LogP contribution in [0.25, 0.3) is 0 Å². The van der Waals surface area contributed by atoms with Crippen LogP contribution in [0.15, 0.2) is 24.3 Å². The van der Waals surface area contributed by atoms with Crippen molar-refractivity contribution in [1.29, 1.82) is 0 Å². The molecule has 3 rings (SSSR count). The first-order valence-corrected chi connectivity index (χ1v) is 8.90. The Morgan fingerprint density at radius 1 is 1.23 bits per heavy atom. The Bertz CT molecular complexity index is 508. The average molecular weight is 301 g/mol. The third kappa shape index (κ3) is 3.89. The summed E-state index contributed by atoms with van der Waals surface area (Å²) >= 11 is 0. The van der Waals surface area contributed by atoms with Gasteiger partial charge in [0.25, 0.3) is 0 Å². The van der Waals surface area contributed by atoms with Gasteiger partial charge in [-0.3, -0.25) is 4.79 Å². The predicted octanol–water partition coefficient (Wildman–Crippen LogP) is 1.80. The van der Waals surface area contributed by atoms with Crippen LogP contribution in [0.1, 0.15) is 43.2 Å². The van der Waals surface area contributed by atoms with Crippen LogP contribution in [0.3, 0.4) is 0 Å². The van der Waals surface area contributed by atoms with E-state index in [1.54, 1.807) is 4.90 Å². The summed E-state index contributed by atoms with van der Waals surface area (Å²) in [5, 5.41) is 0. The Morgan fingerprint density at radius 3 is 2.82 bits per heavy atom. The molecular weight excluding hydrogens is 272 g/mol. The number of likely N-dealkylation sites (tertiary alicyclic amines) is 2. The molecule has 2 aliphatic heterocycles. The minimum Gasteiger partial charge on any atom is -0.342 e. The fraction of sp³-hybridized carbons (Fsp3) is 0.632. The van der Waals surface area contributed by atoms with Gasteiger partial charge >= 0.3 is 0 Å². The molecule has 1 unspecified atom stereocenters. The summed E-state index contributed by atoms with van der Waals surface area (Å²) in [7, 11) is 0. The normalized spacial score (nSPS) is 26.0. The molecule has 2 atom stereocenters. The van der Waals surface area contributed by atoms with Crippen LogP contribution >= 0.6 is 0 Å². The third-order valence-electron chi connectivity index (χ3n) is 5.17. The zero-order chi connectivity index (χ0) is 15.4. The van der Waals surface area contributed by atoms with Gasteiger partial charge in [0.2, 0.25) is 5.91 Å². The number of piperidine rings is 2. The smallest absolute Gasteiger partial charge is 0.231 e. The maximum absolute atomic E-state index is 12.7. The van der Waals surface area contributed by atoms with Crippen molar-refractivity contribution in [2.45, 2.75) is 45.6 Å². The second-order valence-corrected chi connectivity index (χ2v) is 7.10. The van der Waals surface area contributed by atoms with Gasteiger partial charge in [0.05, 0.1) is 19.0 Å². The van der Waals surface area contributed by atoms with E-state index >= 15 is 0 Å². The van der Waals surface area contributed by atoms with Gasteiger partial charge in [0.15, 0.2) is 0 Å². The molecule has 22 heavy (non-hydrogen) atoms. The van der Waals surface area contributed by atoms with Crippen molar-refractivity contribution in [2.24, 2.45) is 5.92 Å². The van der Waals surface area contributed by atoms with E-state index in [-0.39, 0.29) is 5.92 Å². The number of hydrogen-bond acceptors (Lipinski definition) is 1. The Balaban J connectivity index is 1.57. The maximum Gasteiger partial charge on any atom is 0.231 e. The highest BCUT2D eigenvalue weighted by atomic mass is 16.2. The van der Waals surface area contributed by atoms with E-state index in [1.807, 2.05) is 0 Å². The van der Waals surface area contributed by atoms with Crippen molar-refractivity contribution in [3.8, 4) is 0 Å². The summed E-state index contributed by atoms with van der Waals surface area (Å²) in [5.41, 5.74) is 2.73. The molecule has 1 amide bonds. The molecule has 0 spiro atoms. The molecular formula is C19H29N2O+. The number of benzene rings is 1. The number of quaternary nitrogens is 1. The van der Waals surface area contributed by atoms with Gasteiger partial charge in [0.1, 0.15) is 6.54 Å². The van der Waals surface area contributed by atoms with Crippen LogP contribution in [0.4, 0.5) is 0 Å². The lowest BCUT2D eigenvalue weighted by molar-refractivity contribution is -0.921. The van der Waals surface area contributed by atoms with Gasteiger partial charge in [0, 0.05) is 18.7 Å². The molecule has 0 radical (unpaired) electrons. The lowest BCUT2D eigenvalue weighted by atomic mass is 9.95. The van der Waals surface area contributed by atoms with Gasteiger partial charge in [-0.05, 0) is 39.0 Å². The number of hydrogen-bond donors (Lipinski definition) is 1. The highest BCUT2D eigenvalue weighted by molar-refractivity contribution is 5.79. The molecule has 1 N–H and O–H groups in total. The van der Waals surface area contributed by atoms with Gasteiger partial charge < -0.3 is 9.80 Å².